The second-order valence-electron chi connectivity index (χ2n) is 4.37. The molecule has 0 amide bonds. The Hall–Kier alpha value is -0.590. The zero-order chi connectivity index (χ0) is 10.4. The van der Waals surface area contributed by atoms with E-state index < -0.39 is 0 Å². The van der Waals surface area contributed by atoms with E-state index in [0.29, 0.717) is 12.6 Å². The summed E-state index contributed by atoms with van der Waals surface area (Å²) in [4.78, 5) is 4.56. The Morgan fingerprint density at radius 2 is 2.21 bits per heavy atom. The smallest absolute Gasteiger partial charge is 0.0868 e. The Morgan fingerprint density at radius 3 is 2.86 bits per heavy atom. The number of rotatable bonds is 4. The molecular formula is C11H21N3. The van der Waals surface area contributed by atoms with Gasteiger partial charge in [0.25, 0.3) is 0 Å². The van der Waals surface area contributed by atoms with Crippen molar-refractivity contribution in [1.29, 1.82) is 5.26 Å². The minimum atomic E-state index is 0.609. The quantitative estimate of drug-likeness (QED) is 0.634. The molecule has 0 aromatic carbocycles. The van der Waals surface area contributed by atoms with Crippen LogP contribution in [0.3, 0.4) is 0 Å². The van der Waals surface area contributed by atoms with E-state index >= 15 is 0 Å². The maximum atomic E-state index is 8.71. The van der Waals surface area contributed by atoms with Gasteiger partial charge in [0.1, 0.15) is 0 Å². The molecule has 1 unspecified atom stereocenters. The fourth-order valence-electron chi connectivity index (χ4n) is 2.09. The second-order valence-corrected chi connectivity index (χ2v) is 4.37. The first-order valence-electron chi connectivity index (χ1n) is 5.49. The van der Waals surface area contributed by atoms with Gasteiger partial charge in [0, 0.05) is 6.04 Å². The standard InChI is InChI=1S/C11H21N3/c1-13(2)9-6-11-5-3-4-8-14(11)10-7-12/h11H,3-6,8-10H2,1-2H3. The summed E-state index contributed by atoms with van der Waals surface area (Å²) in [7, 11) is 4.22. The van der Waals surface area contributed by atoms with Crippen LogP contribution in [0.4, 0.5) is 0 Å². The van der Waals surface area contributed by atoms with E-state index in [1.807, 2.05) is 0 Å². The summed E-state index contributed by atoms with van der Waals surface area (Å²) < 4.78 is 0. The van der Waals surface area contributed by atoms with E-state index in [1.54, 1.807) is 0 Å². The molecule has 0 aromatic rings. The third-order valence-corrected chi connectivity index (χ3v) is 2.93. The van der Waals surface area contributed by atoms with Crippen molar-refractivity contribution >= 4 is 0 Å². The zero-order valence-corrected chi connectivity index (χ0v) is 9.37. The lowest BCUT2D eigenvalue weighted by Crippen LogP contribution is -2.41. The van der Waals surface area contributed by atoms with Gasteiger partial charge in [-0.3, -0.25) is 4.90 Å². The Balaban J connectivity index is 2.34. The first-order valence-corrected chi connectivity index (χ1v) is 5.49. The monoisotopic (exact) mass is 195 g/mol. The van der Waals surface area contributed by atoms with Crippen molar-refractivity contribution in [1.82, 2.24) is 9.80 Å². The van der Waals surface area contributed by atoms with Crippen molar-refractivity contribution in [2.75, 3.05) is 33.7 Å². The van der Waals surface area contributed by atoms with Gasteiger partial charge in [-0.25, -0.2) is 0 Å². The molecular weight excluding hydrogens is 174 g/mol. The summed E-state index contributed by atoms with van der Waals surface area (Å²) in [5.74, 6) is 0. The molecule has 1 aliphatic rings. The van der Waals surface area contributed by atoms with Crippen molar-refractivity contribution in [2.24, 2.45) is 0 Å². The highest BCUT2D eigenvalue weighted by molar-refractivity contribution is 4.84. The highest BCUT2D eigenvalue weighted by Gasteiger charge is 2.21. The van der Waals surface area contributed by atoms with Crippen LogP contribution in [0.15, 0.2) is 0 Å². The lowest BCUT2D eigenvalue weighted by atomic mass is 9.99. The van der Waals surface area contributed by atoms with Gasteiger partial charge < -0.3 is 4.90 Å². The molecule has 1 saturated heterocycles. The average molecular weight is 195 g/mol. The molecule has 3 nitrogen and oxygen atoms in total. The Bertz CT molecular complexity index is 195. The summed E-state index contributed by atoms with van der Waals surface area (Å²) in [6, 6.07) is 2.91. The number of piperidine rings is 1. The molecule has 1 rings (SSSR count). The van der Waals surface area contributed by atoms with Crippen LogP contribution >= 0.6 is 0 Å². The minimum Gasteiger partial charge on any atom is -0.309 e. The van der Waals surface area contributed by atoms with Crippen LogP contribution in [-0.2, 0) is 0 Å². The van der Waals surface area contributed by atoms with Gasteiger partial charge in [0.05, 0.1) is 12.6 Å². The predicted octanol–water partition coefficient (Wildman–Crippen LogP) is 1.32. The lowest BCUT2D eigenvalue weighted by molar-refractivity contribution is 0.149. The first kappa shape index (κ1) is 11.5. The normalized spacial score (nSPS) is 23.7. The molecule has 14 heavy (non-hydrogen) atoms. The van der Waals surface area contributed by atoms with E-state index in [1.165, 1.54) is 25.7 Å². The van der Waals surface area contributed by atoms with E-state index in [4.69, 9.17) is 5.26 Å². The van der Waals surface area contributed by atoms with E-state index in [-0.39, 0.29) is 0 Å². The Kier molecular flexibility index (Phi) is 4.92. The van der Waals surface area contributed by atoms with Crippen LogP contribution in [-0.4, -0.2) is 49.6 Å². The fourth-order valence-corrected chi connectivity index (χ4v) is 2.09. The van der Waals surface area contributed by atoms with Crippen molar-refractivity contribution in [2.45, 2.75) is 31.7 Å². The molecule has 0 aliphatic carbocycles. The topological polar surface area (TPSA) is 30.3 Å². The van der Waals surface area contributed by atoms with E-state index in [2.05, 4.69) is 30.0 Å². The summed E-state index contributed by atoms with van der Waals surface area (Å²) in [6.07, 6.45) is 5.07. The van der Waals surface area contributed by atoms with Gasteiger partial charge >= 0.3 is 0 Å². The Labute approximate surface area is 87.3 Å². The van der Waals surface area contributed by atoms with Gasteiger partial charge in [0.2, 0.25) is 0 Å². The van der Waals surface area contributed by atoms with Crippen LogP contribution in [0.25, 0.3) is 0 Å². The summed E-state index contributed by atoms with van der Waals surface area (Å²) in [6.45, 7) is 2.86. The van der Waals surface area contributed by atoms with Crippen LogP contribution in [0.2, 0.25) is 0 Å². The fraction of sp³-hybridized carbons (Fsp3) is 0.909. The summed E-state index contributed by atoms with van der Waals surface area (Å²) in [5.41, 5.74) is 0. The van der Waals surface area contributed by atoms with Crippen LogP contribution < -0.4 is 0 Å². The van der Waals surface area contributed by atoms with Gasteiger partial charge in [-0.05, 0) is 46.4 Å². The number of hydrogen-bond donors (Lipinski definition) is 0. The minimum absolute atomic E-state index is 0.609. The van der Waals surface area contributed by atoms with Crippen molar-refractivity contribution in [3.63, 3.8) is 0 Å². The third kappa shape index (κ3) is 3.65. The average Bonchev–Trinajstić information content (AvgIpc) is 2.17. The number of nitriles is 1. The number of hydrogen-bond acceptors (Lipinski definition) is 3. The van der Waals surface area contributed by atoms with Crippen LogP contribution in [0.1, 0.15) is 25.7 Å². The molecule has 0 aromatic heterocycles. The molecule has 0 N–H and O–H groups in total. The molecule has 1 fully saturated rings. The molecule has 1 heterocycles. The van der Waals surface area contributed by atoms with Crippen molar-refractivity contribution < 1.29 is 0 Å². The van der Waals surface area contributed by atoms with E-state index in [9.17, 15) is 0 Å². The molecule has 3 heteroatoms. The highest BCUT2D eigenvalue weighted by atomic mass is 15.2. The third-order valence-electron chi connectivity index (χ3n) is 2.93. The van der Waals surface area contributed by atoms with Gasteiger partial charge in [-0.2, -0.15) is 5.26 Å². The maximum Gasteiger partial charge on any atom is 0.0868 e. The first-order chi connectivity index (χ1) is 6.74. The lowest BCUT2D eigenvalue weighted by Gasteiger charge is -2.34. The largest absolute Gasteiger partial charge is 0.309 e. The summed E-state index contributed by atoms with van der Waals surface area (Å²) >= 11 is 0. The zero-order valence-electron chi connectivity index (χ0n) is 9.37. The van der Waals surface area contributed by atoms with Crippen LogP contribution in [0, 0.1) is 11.3 Å². The molecule has 80 valence electrons. The molecule has 1 aliphatic heterocycles. The SMILES string of the molecule is CN(C)CCC1CCCCN1CC#N. The predicted molar refractivity (Wildman–Crippen MR) is 58.0 cm³/mol. The van der Waals surface area contributed by atoms with Crippen molar-refractivity contribution in [3.8, 4) is 6.07 Å². The van der Waals surface area contributed by atoms with Crippen LogP contribution in [0.5, 0.6) is 0 Å². The molecule has 0 radical (unpaired) electrons. The molecule has 0 saturated carbocycles. The molecule has 1 atom stereocenters. The van der Waals surface area contributed by atoms with Crippen molar-refractivity contribution in [3.05, 3.63) is 0 Å². The Morgan fingerprint density at radius 1 is 1.43 bits per heavy atom. The number of nitrogens with zero attached hydrogens (tertiary/aromatic N) is 3. The van der Waals surface area contributed by atoms with E-state index in [0.717, 1.165) is 13.1 Å². The molecule has 0 spiro atoms. The second kappa shape index (κ2) is 6.00. The maximum absolute atomic E-state index is 8.71. The van der Waals surface area contributed by atoms with Gasteiger partial charge in [-0.15, -0.1) is 0 Å². The highest BCUT2D eigenvalue weighted by Crippen LogP contribution is 2.19. The molecule has 0 bridgehead atoms. The number of likely N-dealkylation sites (tertiary alicyclic amines) is 1. The van der Waals surface area contributed by atoms with Gasteiger partial charge in [0.15, 0.2) is 0 Å². The van der Waals surface area contributed by atoms with Gasteiger partial charge in [-0.1, -0.05) is 6.42 Å². The summed E-state index contributed by atoms with van der Waals surface area (Å²) in [5, 5.41) is 8.71.